The van der Waals surface area contributed by atoms with Crippen molar-refractivity contribution in [2.24, 2.45) is 5.10 Å². The Morgan fingerprint density at radius 2 is 1.87 bits per heavy atom. The van der Waals surface area contributed by atoms with E-state index in [1.165, 1.54) is 6.21 Å². The highest BCUT2D eigenvalue weighted by Crippen LogP contribution is 2.15. The van der Waals surface area contributed by atoms with E-state index in [1.807, 2.05) is 0 Å². The molecule has 1 N–H and O–H groups in total. The van der Waals surface area contributed by atoms with Crippen LogP contribution in [0.2, 0.25) is 0 Å². The fourth-order valence-corrected chi connectivity index (χ4v) is 1.95. The lowest BCUT2D eigenvalue weighted by atomic mass is 10.2. The highest BCUT2D eigenvalue weighted by atomic mass is 79.9. The molecule has 0 heterocycles. The van der Waals surface area contributed by atoms with Gasteiger partial charge in [-0.25, -0.2) is 5.43 Å². The Bertz CT molecular complexity index is 729. The van der Waals surface area contributed by atoms with Crippen molar-refractivity contribution in [2.45, 2.75) is 0 Å². The number of carbonyl (C=O) groups excluding carboxylic acids is 2. The van der Waals surface area contributed by atoms with Crippen molar-refractivity contribution in [3.05, 3.63) is 64.1 Å². The summed E-state index contributed by atoms with van der Waals surface area (Å²) in [5.41, 5.74) is 3.39. The number of hydrogen-bond donors (Lipinski definition) is 1. The molecule has 23 heavy (non-hydrogen) atoms. The third-order valence-corrected chi connectivity index (χ3v) is 3.27. The molecule has 7 heteroatoms. The maximum absolute atomic E-state index is 11.9. The Morgan fingerprint density at radius 3 is 2.57 bits per heavy atom. The number of benzene rings is 2. The molecule has 0 atom stereocenters. The highest BCUT2D eigenvalue weighted by Gasteiger charge is 2.04. The number of hydrogen-bond acceptors (Lipinski definition) is 5. The van der Waals surface area contributed by atoms with Gasteiger partial charge in [0, 0.05) is 15.6 Å². The molecule has 0 unspecified atom stereocenters. The summed E-state index contributed by atoms with van der Waals surface area (Å²) in [6.07, 6.45) is 1.38. The van der Waals surface area contributed by atoms with E-state index in [0.29, 0.717) is 16.9 Å². The Kier molecular flexibility index (Phi) is 5.87. The predicted octanol–water partition coefficient (Wildman–Crippen LogP) is 1.34. The average molecular weight is 376 g/mol. The summed E-state index contributed by atoms with van der Waals surface area (Å²) in [7, 11) is 0. The molecule has 0 aromatic heterocycles. The highest BCUT2D eigenvalue weighted by molar-refractivity contribution is 9.10. The van der Waals surface area contributed by atoms with Gasteiger partial charge < -0.3 is 14.6 Å². The smallest absolute Gasteiger partial charge is 0.271 e. The first-order chi connectivity index (χ1) is 11.1. The lowest BCUT2D eigenvalue weighted by Gasteiger charge is -2.09. The van der Waals surface area contributed by atoms with E-state index in [4.69, 9.17) is 4.74 Å². The number of carbonyl (C=O) groups is 2. The maximum atomic E-state index is 11.9. The van der Waals surface area contributed by atoms with Crippen molar-refractivity contribution < 1.29 is 19.4 Å². The zero-order valence-electron chi connectivity index (χ0n) is 11.9. The minimum Gasteiger partial charge on any atom is -0.546 e. The van der Waals surface area contributed by atoms with Gasteiger partial charge in [0.1, 0.15) is 12.4 Å². The van der Waals surface area contributed by atoms with Crippen molar-refractivity contribution in [2.75, 3.05) is 6.61 Å². The predicted molar refractivity (Wildman–Crippen MR) is 86.1 cm³/mol. The molecular weight excluding hydrogens is 364 g/mol. The summed E-state index contributed by atoms with van der Waals surface area (Å²) in [4.78, 5) is 22.3. The quantitative estimate of drug-likeness (QED) is 0.609. The summed E-state index contributed by atoms with van der Waals surface area (Å²) in [6.45, 7) is -0.559. The molecule has 2 aromatic carbocycles. The molecule has 0 aliphatic carbocycles. The summed E-state index contributed by atoms with van der Waals surface area (Å²) in [6, 6.07) is 13.5. The van der Waals surface area contributed by atoms with Gasteiger partial charge in [0.2, 0.25) is 0 Å². The summed E-state index contributed by atoms with van der Waals surface area (Å²) in [5, 5.41) is 14.3. The summed E-state index contributed by atoms with van der Waals surface area (Å²) < 4.78 is 5.95. The van der Waals surface area contributed by atoms with Crippen LogP contribution in [0.3, 0.4) is 0 Å². The number of nitrogens with one attached hydrogen (secondary N) is 1. The molecule has 6 nitrogen and oxygen atoms in total. The number of carboxylic acid groups (broad SMARTS) is 1. The number of halogens is 1. The van der Waals surface area contributed by atoms with Crippen molar-refractivity contribution in [3.63, 3.8) is 0 Å². The van der Waals surface area contributed by atoms with E-state index < -0.39 is 12.6 Å². The van der Waals surface area contributed by atoms with Crippen molar-refractivity contribution in [1.29, 1.82) is 0 Å². The van der Waals surface area contributed by atoms with Crippen LogP contribution in [0.5, 0.6) is 5.75 Å². The fourth-order valence-electron chi connectivity index (χ4n) is 1.68. The first kappa shape index (κ1) is 16.7. The van der Waals surface area contributed by atoms with Gasteiger partial charge in [0.05, 0.1) is 12.2 Å². The molecule has 0 bridgehead atoms. The Labute approximate surface area is 140 Å². The third-order valence-electron chi connectivity index (χ3n) is 2.74. The van der Waals surface area contributed by atoms with Crippen LogP contribution in [-0.4, -0.2) is 24.7 Å². The van der Waals surface area contributed by atoms with E-state index in [2.05, 4.69) is 26.5 Å². The van der Waals surface area contributed by atoms with Crippen molar-refractivity contribution in [3.8, 4) is 5.75 Å². The number of nitrogens with zero attached hydrogens (tertiary/aromatic N) is 1. The number of ether oxygens (including phenoxy) is 1. The standard InChI is InChI=1S/C16H13BrN2O4/c17-13-7-5-11(6-8-13)16(22)19-18-9-12-3-1-2-4-14(12)23-10-15(20)21/h1-9H,10H2,(H,19,22)(H,20,21)/p-1/b18-9+. The minimum atomic E-state index is -1.32. The molecule has 118 valence electrons. The first-order valence-corrected chi connectivity index (χ1v) is 7.36. The Balaban J connectivity index is 2.01. The molecule has 2 rings (SSSR count). The number of para-hydroxylation sites is 1. The fraction of sp³-hybridized carbons (Fsp3) is 0.0625. The van der Waals surface area contributed by atoms with Crippen LogP contribution in [0.1, 0.15) is 15.9 Å². The zero-order valence-corrected chi connectivity index (χ0v) is 13.4. The SMILES string of the molecule is O=C([O-])COc1ccccc1/C=N/NC(=O)c1ccc(Br)cc1. The van der Waals surface area contributed by atoms with Crippen LogP contribution in [0, 0.1) is 0 Å². The molecule has 0 saturated carbocycles. The van der Waals surface area contributed by atoms with E-state index >= 15 is 0 Å². The molecule has 0 saturated heterocycles. The van der Waals surface area contributed by atoms with Gasteiger partial charge >= 0.3 is 0 Å². The molecule has 0 spiro atoms. The van der Waals surface area contributed by atoms with E-state index in [-0.39, 0.29) is 5.91 Å². The second kappa shape index (κ2) is 8.09. The Hall–Kier alpha value is -2.67. The molecular formula is C16H12BrN2O4-. The first-order valence-electron chi connectivity index (χ1n) is 6.57. The number of rotatable bonds is 6. The molecule has 0 aliphatic rings. The topological polar surface area (TPSA) is 90.8 Å². The minimum absolute atomic E-state index is 0.332. The van der Waals surface area contributed by atoms with E-state index in [0.717, 1.165) is 4.47 Å². The van der Waals surface area contributed by atoms with E-state index in [9.17, 15) is 14.7 Å². The largest absolute Gasteiger partial charge is 0.546 e. The Morgan fingerprint density at radius 1 is 1.17 bits per heavy atom. The van der Waals surface area contributed by atoms with Crippen molar-refractivity contribution in [1.82, 2.24) is 5.43 Å². The zero-order chi connectivity index (χ0) is 16.7. The normalized spacial score (nSPS) is 10.5. The second-order valence-electron chi connectivity index (χ2n) is 4.40. The van der Waals surface area contributed by atoms with Gasteiger partial charge in [0.25, 0.3) is 5.91 Å². The van der Waals surface area contributed by atoms with Gasteiger partial charge in [-0.05, 0) is 36.4 Å². The third kappa shape index (κ3) is 5.23. The number of aliphatic carboxylic acids is 1. The van der Waals surface area contributed by atoms with Crippen LogP contribution in [0.25, 0.3) is 0 Å². The number of hydrazone groups is 1. The van der Waals surface area contributed by atoms with Gasteiger partial charge in [-0.2, -0.15) is 5.10 Å². The van der Waals surface area contributed by atoms with Crippen LogP contribution >= 0.6 is 15.9 Å². The summed E-state index contributed by atoms with van der Waals surface area (Å²) in [5.74, 6) is -1.35. The van der Waals surface area contributed by atoms with Crippen LogP contribution in [0.4, 0.5) is 0 Å². The van der Waals surface area contributed by atoms with Crippen LogP contribution in [0.15, 0.2) is 58.1 Å². The molecule has 0 radical (unpaired) electrons. The second-order valence-corrected chi connectivity index (χ2v) is 5.32. The maximum Gasteiger partial charge on any atom is 0.271 e. The van der Waals surface area contributed by atoms with Crippen LogP contribution < -0.4 is 15.3 Å². The average Bonchev–Trinajstić information content (AvgIpc) is 2.54. The van der Waals surface area contributed by atoms with Gasteiger partial charge in [-0.3, -0.25) is 4.79 Å². The molecule has 0 aliphatic heterocycles. The van der Waals surface area contributed by atoms with Gasteiger partial charge in [0.15, 0.2) is 0 Å². The monoisotopic (exact) mass is 375 g/mol. The number of carboxylic acids is 1. The summed E-state index contributed by atoms with van der Waals surface area (Å²) >= 11 is 3.29. The molecule has 0 fully saturated rings. The van der Waals surface area contributed by atoms with Crippen LogP contribution in [-0.2, 0) is 4.79 Å². The molecule has 1 amide bonds. The lowest BCUT2D eigenvalue weighted by molar-refractivity contribution is -0.307. The van der Waals surface area contributed by atoms with E-state index in [1.54, 1.807) is 48.5 Å². The van der Waals surface area contributed by atoms with Gasteiger partial charge in [-0.1, -0.05) is 28.1 Å². The van der Waals surface area contributed by atoms with Gasteiger partial charge in [-0.15, -0.1) is 0 Å². The lowest BCUT2D eigenvalue weighted by Crippen LogP contribution is -2.29. The number of amides is 1. The van der Waals surface area contributed by atoms with Crippen molar-refractivity contribution >= 4 is 34.0 Å². The molecule has 2 aromatic rings.